The molecule has 10 atom stereocenters. The molecule has 0 aromatic heterocycles. The molecule has 0 bridgehead atoms. The maximum atomic E-state index is 12.6. The molecule has 0 saturated carbocycles. The van der Waals surface area contributed by atoms with Crippen molar-refractivity contribution in [3.8, 4) is 0 Å². The van der Waals surface area contributed by atoms with Gasteiger partial charge in [0, 0.05) is 27.7 Å². The molecule has 2 aliphatic rings. The van der Waals surface area contributed by atoms with Gasteiger partial charge in [0.25, 0.3) is 0 Å². The molecule has 3 aromatic rings. The van der Waals surface area contributed by atoms with Gasteiger partial charge >= 0.3 is 23.9 Å². The molecule has 0 spiro atoms. The molecule has 3 aromatic carbocycles. The van der Waals surface area contributed by atoms with E-state index in [1.54, 1.807) is 6.92 Å². The van der Waals surface area contributed by atoms with Gasteiger partial charge in [-0.05, 0) is 23.6 Å². The Hall–Kier alpha value is -4.70. The van der Waals surface area contributed by atoms with E-state index in [1.807, 2.05) is 91.0 Å². The Kier molecular flexibility index (Phi) is 15.3. The van der Waals surface area contributed by atoms with Crippen molar-refractivity contribution in [2.75, 3.05) is 6.61 Å². The van der Waals surface area contributed by atoms with Crippen molar-refractivity contribution < 1.29 is 66.5 Å². The summed E-state index contributed by atoms with van der Waals surface area (Å²) >= 11 is 0. The lowest BCUT2D eigenvalue weighted by molar-refractivity contribution is -0.370. The highest BCUT2D eigenvalue weighted by Gasteiger charge is 2.56. The highest BCUT2D eigenvalue weighted by Crippen LogP contribution is 2.36. The van der Waals surface area contributed by atoms with Gasteiger partial charge in [-0.2, -0.15) is 0 Å². The molecular formula is C41H48O14. The van der Waals surface area contributed by atoms with Crippen LogP contribution in [0, 0.1) is 0 Å². The van der Waals surface area contributed by atoms with Gasteiger partial charge in [-0.1, -0.05) is 91.0 Å². The smallest absolute Gasteiger partial charge is 0.305 e. The maximum Gasteiger partial charge on any atom is 0.305 e. The lowest BCUT2D eigenvalue weighted by atomic mass is 9.96. The van der Waals surface area contributed by atoms with Crippen LogP contribution in [0.1, 0.15) is 51.3 Å². The molecule has 0 radical (unpaired) electrons. The second kappa shape index (κ2) is 20.3. The fourth-order valence-corrected chi connectivity index (χ4v) is 6.41. The number of hydrogen-bond donors (Lipinski definition) is 0. The van der Waals surface area contributed by atoms with Gasteiger partial charge < -0.3 is 47.4 Å². The largest absolute Gasteiger partial charge is 0.463 e. The fourth-order valence-electron chi connectivity index (χ4n) is 6.41. The molecule has 5 rings (SSSR count). The van der Waals surface area contributed by atoms with E-state index >= 15 is 0 Å². The molecule has 2 fully saturated rings. The van der Waals surface area contributed by atoms with E-state index in [0.717, 1.165) is 37.5 Å². The highest BCUT2D eigenvalue weighted by atomic mass is 16.8. The highest BCUT2D eigenvalue weighted by molar-refractivity contribution is 5.68. The zero-order valence-electron chi connectivity index (χ0n) is 31.5. The number of hydrogen-bond acceptors (Lipinski definition) is 14. The number of carbonyl (C=O) groups excluding carboxylic acids is 4. The van der Waals surface area contributed by atoms with Crippen LogP contribution in [-0.2, 0) is 86.4 Å². The van der Waals surface area contributed by atoms with Crippen molar-refractivity contribution in [1.29, 1.82) is 0 Å². The first kappa shape index (κ1) is 41.5. The second-order valence-electron chi connectivity index (χ2n) is 13.2. The average Bonchev–Trinajstić information content (AvgIpc) is 3.15. The number of ether oxygens (including phenoxy) is 10. The molecule has 2 saturated heterocycles. The van der Waals surface area contributed by atoms with E-state index in [2.05, 4.69) is 0 Å². The van der Waals surface area contributed by atoms with Crippen molar-refractivity contribution in [2.24, 2.45) is 0 Å². The van der Waals surface area contributed by atoms with Crippen LogP contribution in [0.25, 0.3) is 0 Å². The summed E-state index contributed by atoms with van der Waals surface area (Å²) in [5.41, 5.74) is 2.68. The summed E-state index contributed by atoms with van der Waals surface area (Å²) in [6, 6.07) is 28.7. The molecule has 14 nitrogen and oxygen atoms in total. The first-order valence-electron chi connectivity index (χ1n) is 18.1. The molecule has 14 heteroatoms. The molecule has 0 N–H and O–H groups in total. The van der Waals surface area contributed by atoms with Gasteiger partial charge in [0.2, 0.25) is 6.29 Å². The van der Waals surface area contributed by atoms with Gasteiger partial charge in [-0.15, -0.1) is 0 Å². The van der Waals surface area contributed by atoms with Crippen molar-refractivity contribution in [3.05, 3.63) is 108 Å². The lowest BCUT2D eigenvalue weighted by Gasteiger charge is -2.49. The molecule has 0 aliphatic carbocycles. The van der Waals surface area contributed by atoms with Crippen molar-refractivity contribution in [1.82, 2.24) is 0 Å². The summed E-state index contributed by atoms with van der Waals surface area (Å²) in [6.45, 7) is 6.59. The van der Waals surface area contributed by atoms with Crippen LogP contribution in [0.5, 0.6) is 0 Å². The minimum atomic E-state index is -1.56. The Balaban J connectivity index is 1.53. The summed E-state index contributed by atoms with van der Waals surface area (Å²) in [6.07, 6.45) is -11.5. The molecule has 2 heterocycles. The summed E-state index contributed by atoms with van der Waals surface area (Å²) in [5, 5.41) is 0. The number of benzene rings is 3. The van der Waals surface area contributed by atoms with Crippen molar-refractivity contribution in [2.45, 2.75) is 116 Å². The van der Waals surface area contributed by atoms with E-state index in [-0.39, 0.29) is 19.8 Å². The van der Waals surface area contributed by atoms with E-state index < -0.39 is 91.9 Å². The minimum Gasteiger partial charge on any atom is -0.463 e. The van der Waals surface area contributed by atoms with Gasteiger partial charge in [-0.25, -0.2) is 0 Å². The van der Waals surface area contributed by atoms with Crippen LogP contribution < -0.4 is 0 Å². The lowest BCUT2D eigenvalue weighted by Crippen LogP contribution is -2.66. The average molecular weight is 765 g/mol. The van der Waals surface area contributed by atoms with Gasteiger partial charge in [-0.3, -0.25) is 19.2 Å². The fraction of sp³-hybridized carbons (Fsp3) is 0.463. The Morgan fingerprint density at radius 1 is 0.491 bits per heavy atom. The van der Waals surface area contributed by atoms with Crippen LogP contribution in [0.2, 0.25) is 0 Å². The monoisotopic (exact) mass is 764 g/mol. The molecule has 296 valence electrons. The van der Waals surface area contributed by atoms with Gasteiger partial charge in [0.15, 0.2) is 24.6 Å². The number of esters is 4. The Morgan fingerprint density at radius 2 is 0.945 bits per heavy atom. The number of rotatable bonds is 16. The Labute approximate surface area is 320 Å². The van der Waals surface area contributed by atoms with E-state index in [1.165, 1.54) is 6.92 Å². The zero-order valence-corrected chi connectivity index (χ0v) is 31.5. The zero-order chi connectivity index (χ0) is 39.3. The van der Waals surface area contributed by atoms with E-state index in [0.29, 0.717) is 0 Å². The molecule has 55 heavy (non-hydrogen) atoms. The summed E-state index contributed by atoms with van der Waals surface area (Å²) in [5.74, 6) is -2.92. The Morgan fingerprint density at radius 3 is 1.42 bits per heavy atom. The van der Waals surface area contributed by atoms with E-state index in [4.69, 9.17) is 47.4 Å². The molecule has 2 unspecified atom stereocenters. The predicted octanol–water partition coefficient (Wildman–Crippen LogP) is 4.59. The first-order chi connectivity index (χ1) is 26.5. The van der Waals surface area contributed by atoms with Crippen LogP contribution >= 0.6 is 0 Å². The summed E-state index contributed by atoms with van der Waals surface area (Å²) < 4.78 is 61.2. The second-order valence-corrected chi connectivity index (χ2v) is 13.2. The van der Waals surface area contributed by atoms with E-state index in [9.17, 15) is 19.2 Å². The molecule has 0 amide bonds. The third-order valence-corrected chi connectivity index (χ3v) is 8.80. The quantitative estimate of drug-likeness (QED) is 0.147. The SMILES string of the molecule is CC(=O)OCC1O[C@H](OC(C)=O)[C@@H](OC2O[C@@H](C)[C@@H](OCc3ccccc3)[C@H](OCc3ccccc3)[C@@H]2OCc2ccccc2)[C@@H](OC(C)=O)[C@H]1OC(C)=O. The van der Waals surface area contributed by atoms with Crippen molar-refractivity contribution in [3.63, 3.8) is 0 Å². The van der Waals surface area contributed by atoms with Gasteiger partial charge in [0.05, 0.1) is 25.9 Å². The third-order valence-electron chi connectivity index (χ3n) is 8.80. The standard InChI is InChI=1S/C41H48O14/c1-25-34(47-21-30-15-9-6-10-16-30)36(48-22-31-17-11-7-12-18-31)38(49-23-32-19-13-8-14-20-32)40(50-25)55-39-37(52-28(4)44)35(51-27(3)43)33(24-46-26(2)42)54-41(39)53-29(5)45/h6-20,25,33-41H,21-24H2,1-5H3/t25-,33?,34+,35-,36-,37-,38-,39-,40?,41-/m0/s1. The van der Waals surface area contributed by atoms with Crippen LogP contribution in [0.15, 0.2) is 91.0 Å². The minimum absolute atomic E-state index is 0.113. The molecular weight excluding hydrogens is 716 g/mol. The molecule has 2 aliphatic heterocycles. The predicted molar refractivity (Wildman–Crippen MR) is 192 cm³/mol. The summed E-state index contributed by atoms with van der Waals surface area (Å²) in [7, 11) is 0. The van der Waals surface area contributed by atoms with Crippen LogP contribution in [0.4, 0.5) is 0 Å². The van der Waals surface area contributed by atoms with Crippen molar-refractivity contribution >= 4 is 23.9 Å². The third kappa shape index (κ3) is 12.1. The summed E-state index contributed by atoms with van der Waals surface area (Å²) in [4.78, 5) is 49.3. The normalized spacial score (nSPS) is 27.7. The Bertz CT molecular complexity index is 1670. The van der Waals surface area contributed by atoms with Gasteiger partial charge in [0.1, 0.15) is 31.0 Å². The maximum absolute atomic E-state index is 12.6. The topological polar surface area (TPSA) is 161 Å². The first-order valence-corrected chi connectivity index (χ1v) is 18.1. The number of carbonyl (C=O) groups is 4. The van der Waals surface area contributed by atoms with Crippen LogP contribution in [0.3, 0.4) is 0 Å². The van der Waals surface area contributed by atoms with Crippen LogP contribution in [-0.4, -0.2) is 91.9 Å².